The van der Waals surface area contributed by atoms with Gasteiger partial charge in [-0.25, -0.2) is 13.1 Å². The van der Waals surface area contributed by atoms with Crippen molar-refractivity contribution in [3.8, 4) is 0 Å². The Labute approximate surface area is 152 Å². The monoisotopic (exact) mass is 378 g/mol. The van der Waals surface area contributed by atoms with E-state index in [0.717, 1.165) is 24.0 Å². The van der Waals surface area contributed by atoms with Crippen molar-refractivity contribution in [3.05, 3.63) is 58.1 Å². The lowest BCUT2D eigenvalue weighted by Gasteiger charge is -2.11. The summed E-state index contributed by atoms with van der Waals surface area (Å²) in [4.78, 5) is 11.8. The number of rotatable bonds is 5. The van der Waals surface area contributed by atoms with Gasteiger partial charge in [-0.2, -0.15) is 0 Å². The fraction of sp³-hybridized carbons (Fsp3) is 0.278. The number of ketones is 1. The zero-order chi connectivity index (χ0) is 18.2. The number of hydrogen-bond acceptors (Lipinski definition) is 4. The zero-order valence-electron chi connectivity index (χ0n) is 13.8. The van der Waals surface area contributed by atoms with E-state index in [0.29, 0.717) is 22.8 Å². The molecule has 0 aromatic heterocycles. The second kappa shape index (κ2) is 6.78. The lowest BCUT2D eigenvalue weighted by Crippen LogP contribution is -2.29. The third-order valence-corrected chi connectivity index (χ3v) is 6.15. The van der Waals surface area contributed by atoms with Crippen molar-refractivity contribution in [2.24, 2.45) is 5.92 Å². The zero-order valence-corrected chi connectivity index (χ0v) is 15.3. The van der Waals surface area contributed by atoms with E-state index in [2.05, 4.69) is 4.72 Å². The molecule has 132 valence electrons. The van der Waals surface area contributed by atoms with Gasteiger partial charge in [0.2, 0.25) is 10.0 Å². The van der Waals surface area contributed by atoms with Gasteiger partial charge >= 0.3 is 0 Å². The highest BCUT2D eigenvalue weighted by atomic mass is 35.5. The summed E-state index contributed by atoms with van der Waals surface area (Å²) in [6.07, 6.45) is 1.46. The summed E-state index contributed by atoms with van der Waals surface area (Å²) in [5.41, 5.74) is 9.08. The van der Waals surface area contributed by atoms with Crippen molar-refractivity contribution in [1.29, 1.82) is 0 Å². The van der Waals surface area contributed by atoms with E-state index in [1.807, 2.05) is 12.1 Å². The maximum atomic E-state index is 12.4. The Morgan fingerprint density at radius 3 is 2.40 bits per heavy atom. The molecule has 7 heteroatoms. The third kappa shape index (κ3) is 3.86. The highest BCUT2D eigenvalue weighted by Gasteiger charge is 2.25. The van der Waals surface area contributed by atoms with Gasteiger partial charge in [0, 0.05) is 22.8 Å². The molecule has 1 aliphatic rings. The molecule has 0 radical (unpaired) electrons. The van der Waals surface area contributed by atoms with Crippen LogP contribution in [0.15, 0.2) is 41.3 Å². The Balaban J connectivity index is 1.69. The molecule has 0 saturated carbocycles. The molecular weight excluding hydrogens is 360 g/mol. The summed E-state index contributed by atoms with van der Waals surface area (Å²) in [7, 11) is -3.57. The van der Waals surface area contributed by atoms with Crippen molar-refractivity contribution in [1.82, 2.24) is 4.72 Å². The summed E-state index contributed by atoms with van der Waals surface area (Å²) < 4.78 is 27.4. The van der Waals surface area contributed by atoms with Crippen LogP contribution >= 0.6 is 11.6 Å². The van der Waals surface area contributed by atoms with Gasteiger partial charge in [0.1, 0.15) is 0 Å². The number of nitrogens with one attached hydrogen (secondary N) is 1. The smallest absolute Gasteiger partial charge is 0.240 e. The molecule has 0 bridgehead atoms. The Morgan fingerprint density at radius 2 is 1.80 bits per heavy atom. The number of sulfonamides is 1. The molecular formula is C18H19ClN2O3S. The maximum Gasteiger partial charge on any atom is 0.240 e. The summed E-state index contributed by atoms with van der Waals surface area (Å²) in [5.74, 6) is 0.0749. The molecule has 3 N–H and O–H groups in total. The second-order valence-electron chi connectivity index (χ2n) is 6.34. The van der Waals surface area contributed by atoms with Crippen LogP contribution in [0.3, 0.4) is 0 Å². The minimum Gasteiger partial charge on any atom is -0.398 e. The number of nitrogens with two attached hydrogens (primary N) is 1. The van der Waals surface area contributed by atoms with Crippen LogP contribution in [0.1, 0.15) is 28.4 Å². The number of hydrogen-bond donors (Lipinski definition) is 2. The first-order chi connectivity index (χ1) is 11.8. The number of fused-ring (bicyclic) bond motifs is 1. The molecule has 3 rings (SSSR count). The first kappa shape index (κ1) is 17.9. The minimum atomic E-state index is -3.57. The average molecular weight is 379 g/mol. The number of anilines is 1. The van der Waals surface area contributed by atoms with Gasteiger partial charge in [-0.15, -0.1) is 0 Å². The van der Waals surface area contributed by atoms with E-state index in [-0.39, 0.29) is 16.6 Å². The average Bonchev–Trinajstić information content (AvgIpc) is 2.94. The van der Waals surface area contributed by atoms with Gasteiger partial charge in [-0.05, 0) is 73.2 Å². The predicted octanol–water partition coefficient (Wildman–Crippen LogP) is 2.82. The number of Topliss-reactive ketones (excluding diaryl/α,β-unsaturated/α-hetero) is 1. The highest BCUT2D eigenvalue weighted by molar-refractivity contribution is 7.89. The summed E-state index contributed by atoms with van der Waals surface area (Å²) in [5, 5.41) is 0.490. The molecule has 5 nitrogen and oxygen atoms in total. The van der Waals surface area contributed by atoms with Crippen LogP contribution < -0.4 is 10.5 Å². The van der Waals surface area contributed by atoms with Crippen molar-refractivity contribution >= 4 is 33.1 Å². The van der Waals surface area contributed by atoms with E-state index in [1.54, 1.807) is 12.1 Å². The summed E-state index contributed by atoms with van der Waals surface area (Å²) >= 11 is 5.79. The Morgan fingerprint density at radius 1 is 1.20 bits per heavy atom. The molecule has 1 unspecified atom stereocenters. The first-order valence-corrected chi connectivity index (χ1v) is 9.80. The van der Waals surface area contributed by atoms with Crippen molar-refractivity contribution < 1.29 is 13.2 Å². The van der Waals surface area contributed by atoms with Gasteiger partial charge in [-0.3, -0.25) is 4.79 Å². The molecule has 0 heterocycles. The Kier molecular flexibility index (Phi) is 4.86. The van der Waals surface area contributed by atoms with Gasteiger partial charge in [-0.1, -0.05) is 11.6 Å². The van der Waals surface area contributed by atoms with Crippen LogP contribution in [-0.2, 0) is 22.9 Å². The van der Waals surface area contributed by atoms with Crippen LogP contribution in [0.25, 0.3) is 0 Å². The van der Waals surface area contributed by atoms with E-state index in [1.165, 1.54) is 19.1 Å². The van der Waals surface area contributed by atoms with Crippen LogP contribution in [0.5, 0.6) is 0 Å². The number of benzene rings is 2. The van der Waals surface area contributed by atoms with Crippen molar-refractivity contribution in [2.75, 3.05) is 12.3 Å². The van der Waals surface area contributed by atoms with E-state index in [4.69, 9.17) is 17.3 Å². The molecule has 2 aromatic carbocycles. The Bertz CT molecular complexity index is 924. The number of carbonyl (C=O) groups excluding carboxylic acids is 1. The first-order valence-electron chi connectivity index (χ1n) is 7.93. The maximum absolute atomic E-state index is 12.4. The fourth-order valence-corrected chi connectivity index (χ4v) is 4.40. The summed E-state index contributed by atoms with van der Waals surface area (Å²) in [6, 6.07) is 9.73. The van der Waals surface area contributed by atoms with Crippen LogP contribution in [0.2, 0.25) is 5.02 Å². The molecule has 1 atom stereocenters. The molecule has 0 saturated heterocycles. The molecule has 25 heavy (non-hydrogen) atoms. The largest absolute Gasteiger partial charge is 0.398 e. The minimum absolute atomic E-state index is 0.0628. The number of carbonyl (C=O) groups is 1. The van der Waals surface area contributed by atoms with Gasteiger partial charge in [0.25, 0.3) is 0 Å². The van der Waals surface area contributed by atoms with Gasteiger partial charge < -0.3 is 5.73 Å². The van der Waals surface area contributed by atoms with Gasteiger partial charge in [0.05, 0.1) is 4.90 Å². The highest BCUT2D eigenvalue weighted by Crippen LogP contribution is 2.30. The topological polar surface area (TPSA) is 89.3 Å². The Hall–Kier alpha value is -1.89. The quantitative estimate of drug-likeness (QED) is 0.618. The molecule has 0 aliphatic heterocycles. The third-order valence-electron chi connectivity index (χ3n) is 4.45. The summed E-state index contributed by atoms with van der Waals surface area (Å²) in [6.45, 7) is 1.82. The fourth-order valence-electron chi connectivity index (χ4n) is 3.16. The SMILES string of the molecule is CC(=O)c1cc2c(cc1N)CC(CNS(=O)(=O)c1ccc(Cl)cc1)C2. The predicted molar refractivity (Wildman–Crippen MR) is 98.4 cm³/mol. The van der Waals surface area contributed by atoms with Crippen LogP contribution in [-0.4, -0.2) is 20.7 Å². The number of nitrogen functional groups attached to an aromatic ring is 1. The molecule has 1 aliphatic carbocycles. The van der Waals surface area contributed by atoms with Crippen LogP contribution in [0.4, 0.5) is 5.69 Å². The van der Waals surface area contributed by atoms with Gasteiger partial charge in [0.15, 0.2) is 5.78 Å². The standard InChI is InChI=1S/C18H19ClN2O3S/c1-11(22)17-8-13-6-12(7-14(13)9-18(17)20)10-21-25(23,24)16-4-2-15(19)3-5-16/h2-5,8-9,12,21H,6-7,10,20H2,1H3. The van der Waals surface area contributed by atoms with Crippen molar-refractivity contribution in [2.45, 2.75) is 24.7 Å². The van der Waals surface area contributed by atoms with E-state index < -0.39 is 10.0 Å². The van der Waals surface area contributed by atoms with Crippen molar-refractivity contribution in [3.63, 3.8) is 0 Å². The number of halogens is 1. The second-order valence-corrected chi connectivity index (χ2v) is 8.55. The van der Waals surface area contributed by atoms with E-state index in [9.17, 15) is 13.2 Å². The lowest BCUT2D eigenvalue weighted by molar-refractivity contribution is 0.101. The molecule has 0 spiro atoms. The molecule has 0 amide bonds. The molecule has 2 aromatic rings. The molecule has 0 fully saturated rings. The van der Waals surface area contributed by atoms with Crippen LogP contribution in [0, 0.1) is 5.92 Å². The lowest BCUT2D eigenvalue weighted by atomic mass is 10.0. The van der Waals surface area contributed by atoms with E-state index >= 15 is 0 Å². The normalized spacial score (nSPS) is 16.6.